The highest BCUT2D eigenvalue weighted by Crippen LogP contribution is 2.35. The predicted molar refractivity (Wildman–Crippen MR) is 114 cm³/mol. The van der Waals surface area contributed by atoms with E-state index in [1.165, 1.54) is 5.56 Å². The van der Waals surface area contributed by atoms with Gasteiger partial charge in [0, 0.05) is 39.3 Å². The monoisotopic (exact) mass is 417 g/mol. The van der Waals surface area contributed by atoms with Crippen LogP contribution in [0.5, 0.6) is 0 Å². The van der Waals surface area contributed by atoms with Gasteiger partial charge in [-0.1, -0.05) is 30.3 Å². The van der Waals surface area contributed by atoms with Crippen LogP contribution in [0.3, 0.4) is 0 Å². The summed E-state index contributed by atoms with van der Waals surface area (Å²) in [6, 6.07) is 10.4. The molecule has 0 aliphatic carbocycles. The van der Waals surface area contributed by atoms with E-state index in [9.17, 15) is 4.79 Å². The third-order valence-electron chi connectivity index (χ3n) is 5.61. The molecule has 154 valence electrons. The van der Waals surface area contributed by atoms with E-state index < -0.39 is 0 Å². The molecule has 2 heterocycles. The largest absolute Gasteiger partial charge is 0.380 e. The molecule has 1 N–H and O–H groups in total. The number of ether oxygens (including phenoxy) is 1. The highest BCUT2D eigenvalue weighted by molar-refractivity contribution is 5.88. The second-order valence-corrected chi connectivity index (χ2v) is 7.03. The van der Waals surface area contributed by atoms with Gasteiger partial charge in [-0.15, -0.1) is 24.8 Å². The lowest BCUT2D eigenvalue weighted by molar-refractivity contribution is -0.140. The van der Waals surface area contributed by atoms with Gasteiger partial charge < -0.3 is 15.0 Å². The number of rotatable bonds is 6. The van der Waals surface area contributed by atoms with Crippen LogP contribution in [0.15, 0.2) is 30.3 Å². The highest BCUT2D eigenvalue weighted by atomic mass is 35.5. The van der Waals surface area contributed by atoms with Gasteiger partial charge in [0.25, 0.3) is 0 Å². The number of hydrogen-bond donors (Lipinski definition) is 1. The summed E-state index contributed by atoms with van der Waals surface area (Å²) in [6.07, 6.45) is 1.78. The fourth-order valence-corrected chi connectivity index (χ4v) is 4.05. The first-order valence-corrected chi connectivity index (χ1v) is 9.62. The van der Waals surface area contributed by atoms with Crippen molar-refractivity contribution in [2.24, 2.45) is 0 Å². The Morgan fingerprint density at radius 1 is 1.07 bits per heavy atom. The van der Waals surface area contributed by atoms with Crippen LogP contribution in [-0.2, 0) is 14.9 Å². The number of carbonyl (C=O) groups excluding carboxylic acids is 1. The summed E-state index contributed by atoms with van der Waals surface area (Å²) in [4.78, 5) is 18.0. The van der Waals surface area contributed by atoms with E-state index in [1.807, 2.05) is 13.0 Å². The molecular weight excluding hydrogens is 385 g/mol. The number of piperidine rings is 1. The van der Waals surface area contributed by atoms with E-state index in [1.54, 1.807) is 0 Å². The van der Waals surface area contributed by atoms with Gasteiger partial charge in [-0.3, -0.25) is 9.69 Å². The summed E-state index contributed by atoms with van der Waals surface area (Å²) in [5, 5.41) is 3.41. The van der Waals surface area contributed by atoms with Crippen molar-refractivity contribution in [1.82, 2.24) is 15.1 Å². The van der Waals surface area contributed by atoms with E-state index >= 15 is 0 Å². The Balaban J connectivity index is 0.00000182. The van der Waals surface area contributed by atoms with Crippen LogP contribution >= 0.6 is 24.8 Å². The summed E-state index contributed by atoms with van der Waals surface area (Å²) in [5.74, 6) is 0.324. The molecule has 0 bridgehead atoms. The number of nitrogens with zero attached hydrogens (tertiary/aromatic N) is 2. The Morgan fingerprint density at radius 2 is 1.70 bits per heavy atom. The van der Waals surface area contributed by atoms with Crippen LogP contribution in [0.25, 0.3) is 0 Å². The van der Waals surface area contributed by atoms with Crippen molar-refractivity contribution in [2.75, 3.05) is 59.0 Å². The zero-order chi connectivity index (χ0) is 17.5. The van der Waals surface area contributed by atoms with E-state index in [0.717, 1.165) is 71.9 Å². The van der Waals surface area contributed by atoms with Crippen molar-refractivity contribution < 1.29 is 9.53 Å². The van der Waals surface area contributed by atoms with Gasteiger partial charge in [-0.25, -0.2) is 0 Å². The minimum Gasteiger partial charge on any atom is -0.380 e. The topological polar surface area (TPSA) is 44.8 Å². The minimum atomic E-state index is -0.347. The van der Waals surface area contributed by atoms with E-state index in [-0.39, 0.29) is 30.2 Å². The number of halogens is 2. The number of hydrogen-bond acceptors (Lipinski definition) is 4. The molecule has 0 radical (unpaired) electrons. The van der Waals surface area contributed by atoms with Crippen LogP contribution in [0.1, 0.15) is 25.3 Å². The maximum Gasteiger partial charge on any atom is 0.233 e. The van der Waals surface area contributed by atoms with E-state index in [4.69, 9.17) is 4.74 Å². The Hall–Kier alpha value is -0.850. The predicted octanol–water partition coefficient (Wildman–Crippen LogP) is 2.33. The first-order valence-electron chi connectivity index (χ1n) is 9.62. The van der Waals surface area contributed by atoms with Crippen molar-refractivity contribution in [3.05, 3.63) is 35.9 Å². The lowest BCUT2D eigenvalue weighted by Crippen LogP contribution is -2.57. The van der Waals surface area contributed by atoms with E-state index in [2.05, 4.69) is 39.4 Å². The summed E-state index contributed by atoms with van der Waals surface area (Å²) >= 11 is 0. The molecule has 0 aromatic heterocycles. The van der Waals surface area contributed by atoms with Gasteiger partial charge in [0.15, 0.2) is 0 Å². The lowest BCUT2D eigenvalue weighted by atomic mass is 9.72. The Bertz CT molecular complexity index is 545. The molecule has 0 unspecified atom stereocenters. The number of nitrogens with one attached hydrogen (secondary N) is 1. The smallest absolute Gasteiger partial charge is 0.233 e. The molecule has 2 aliphatic heterocycles. The molecule has 1 amide bonds. The highest BCUT2D eigenvalue weighted by Gasteiger charge is 2.43. The van der Waals surface area contributed by atoms with Gasteiger partial charge in [0.1, 0.15) is 0 Å². The standard InChI is InChI=1S/C20H31N3O2.2ClH/c1-2-25-17-16-22-12-14-23(15-13-22)19(24)20(8-10-21-11-9-20)18-6-4-3-5-7-18;;/h3-7,21H,2,8-17H2,1H3;2*1H. The molecular formula is C20H33Cl2N3O2. The van der Waals surface area contributed by atoms with Gasteiger partial charge in [-0.05, 0) is 38.4 Å². The summed E-state index contributed by atoms with van der Waals surface area (Å²) < 4.78 is 5.45. The van der Waals surface area contributed by atoms with Crippen molar-refractivity contribution in [1.29, 1.82) is 0 Å². The molecule has 0 saturated carbocycles. The Morgan fingerprint density at radius 3 is 2.30 bits per heavy atom. The third kappa shape index (κ3) is 5.81. The number of benzene rings is 1. The zero-order valence-electron chi connectivity index (χ0n) is 16.2. The van der Waals surface area contributed by atoms with Crippen molar-refractivity contribution >= 4 is 30.7 Å². The van der Waals surface area contributed by atoms with Gasteiger partial charge in [-0.2, -0.15) is 0 Å². The Kier molecular flexibility index (Phi) is 10.6. The first-order chi connectivity index (χ1) is 12.3. The van der Waals surface area contributed by atoms with Gasteiger partial charge in [0.05, 0.1) is 12.0 Å². The molecule has 27 heavy (non-hydrogen) atoms. The molecule has 0 spiro atoms. The molecule has 3 rings (SSSR count). The summed E-state index contributed by atoms with van der Waals surface area (Å²) in [7, 11) is 0. The van der Waals surface area contributed by atoms with Crippen LogP contribution < -0.4 is 5.32 Å². The fraction of sp³-hybridized carbons (Fsp3) is 0.650. The number of carbonyl (C=O) groups is 1. The number of amides is 1. The molecule has 5 nitrogen and oxygen atoms in total. The molecule has 2 aliphatic rings. The van der Waals surface area contributed by atoms with Crippen LogP contribution in [0, 0.1) is 0 Å². The summed E-state index contributed by atoms with van der Waals surface area (Å²) in [5.41, 5.74) is 0.834. The van der Waals surface area contributed by atoms with Gasteiger partial charge >= 0.3 is 0 Å². The summed E-state index contributed by atoms with van der Waals surface area (Å²) in [6.45, 7) is 9.91. The molecule has 1 aromatic carbocycles. The third-order valence-corrected chi connectivity index (χ3v) is 5.61. The molecule has 7 heteroatoms. The average molecular weight is 418 g/mol. The normalized spacial score (nSPS) is 19.7. The number of piperazine rings is 1. The minimum absolute atomic E-state index is 0. The first kappa shape index (κ1) is 24.2. The average Bonchev–Trinajstić information content (AvgIpc) is 2.69. The quantitative estimate of drug-likeness (QED) is 0.721. The SMILES string of the molecule is CCOCCN1CCN(C(=O)C2(c3ccccc3)CCNCC2)CC1.Cl.Cl. The van der Waals surface area contributed by atoms with Crippen molar-refractivity contribution in [3.63, 3.8) is 0 Å². The van der Waals surface area contributed by atoms with Gasteiger partial charge in [0.2, 0.25) is 5.91 Å². The maximum absolute atomic E-state index is 13.5. The second-order valence-electron chi connectivity index (χ2n) is 7.03. The van der Waals surface area contributed by atoms with Crippen molar-refractivity contribution in [3.8, 4) is 0 Å². The van der Waals surface area contributed by atoms with Crippen LogP contribution in [0.4, 0.5) is 0 Å². The molecule has 1 aromatic rings. The van der Waals surface area contributed by atoms with Crippen LogP contribution in [0.2, 0.25) is 0 Å². The molecule has 0 atom stereocenters. The van der Waals surface area contributed by atoms with Crippen molar-refractivity contribution in [2.45, 2.75) is 25.2 Å². The maximum atomic E-state index is 13.5. The lowest BCUT2D eigenvalue weighted by Gasteiger charge is -2.43. The van der Waals surface area contributed by atoms with Crippen LogP contribution in [-0.4, -0.2) is 74.7 Å². The Labute approximate surface area is 175 Å². The molecule has 2 saturated heterocycles. The molecule has 2 fully saturated rings. The van der Waals surface area contributed by atoms with E-state index in [0.29, 0.717) is 5.91 Å². The second kappa shape index (κ2) is 11.9. The fourth-order valence-electron chi connectivity index (χ4n) is 4.05. The zero-order valence-corrected chi connectivity index (χ0v) is 17.8.